The maximum atomic E-state index is 13.1. The third-order valence-electron chi connectivity index (χ3n) is 5.97. The number of hydrogen-bond acceptors (Lipinski definition) is 5. The monoisotopic (exact) mass is 588 g/mol. The number of benzene rings is 3. The van der Waals surface area contributed by atoms with Crippen molar-refractivity contribution in [3.8, 4) is 11.5 Å². The summed E-state index contributed by atoms with van der Waals surface area (Å²) < 4.78 is 16.9. The number of carboxylic acid groups (broad SMARTS) is 1. The third kappa shape index (κ3) is 10.3. The lowest BCUT2D eigenvalue weighted by molar-refractivity contribution is -0.149. The number of halogens is 2. The van der Waals surface area contributed by atoms with Gasteiger partial charge in [-0.25, -0.2) is 9.59 Å². The standard InChI is InChI=1S/C30H34Cl2N2O6/c1-3-38-28(29(35)36)17-22-9-11-25(12-10-22)40-16-14-34(30(37)33-27-8-5-4-7-21(27)2)13-6-15-39-26-19-23(31)18-24(32)20-26/h4-5,7-12,18-20,28H,3,6,13-17H2,1-2H3,(H,33,37)(H,35,36). The van der Waals surface area contributed by atoms with Crippen molar-refractivity contribution in [2.45, 2.75) is 32.8 Å². The summed E-state index contributed by atoms with van der Waals surface area (Å²) in [6.07, 6.45) is -0.0541. The van der Waals surface area contributed by atoms with Gasteiger partial charge in [-0.2, -0.15) is 0 Å². The van der Waals surface area contributed by atoms with Gasteiger partial charge >= 0.3 is 12.0 Å². The molecule has 0 bridgehead atoms. The minimum Gasteiger partial charge on any atom is -0.493 e. The van der Waals surface area contributed by atoms with Crippen LogP contribution in [0.25, 0.3) is 0 Å². The molecule has 1 unspecified atom stereocenters. The first-order valence-corrected chi connectivity index (χ1v) is 13.8. The fraction of sp³-hybridized carbons (Fsp3) is 0.333. The number of carboxylic acids is 1. The van der Waals surface area contributed by atoms with Gasteiger partial charge < -0.3 is 29.5 Å². The van der Waals surface area contributed by atoms with E-state index in [4.69, 9.17) is 37.4 Å². The smallest absolute Gasteiger partial charge is 0.333 e. The lowest BCUT2D eigenvalue weighted by atomic mass is 10.1. The Morgan fingerprint density at radius 2 is 1.60 bits per heavy atom. The number of hydrogen-bond donors (Lipinski definition) is 2. The maximum absolute atomic E-state index is 13.1. The van der Waals surface area contributed by atoms with Crippen LogP contribution in [0.5, 0.6) is 11.5 Å². The first-order chi connectivity index (χ1) is 19.2. The van der Waals surface area contributed by atoms with Gasteiger partial charge in [-0.05, 0) is 67.8 Å². The fourth-order valence-electron chi connectivity index (χ4n) is 3.91. The molecule has 3 aromatic rings. The number of carbonyl (C=O) groups excluding carboxylic acids is 1. The highest BCUT2D eigenvalue weighted by Gasteiger charge is 2.18. The van der Waals surface area contributed by atoms with Crippen molar-refractivity contribution in [2.75, 3.05) is 38.2 Å². The van der Waals surface area contributed by atoms with Crippen LogP contribution in [-0.2, 0) is 16.0 Å². The summed E-state index contributed by atoms with van der Waals surface area (Å²) in [5.74, 6) is 0.191. The zero-order valence-electron chi connectivity index (χ0n) is 22.6. The quantitative estimate of drug-likeness (QED) is 0.191. The van der Waals surface area contributed by atoms with E-state index in [1.807, 2.05) is 43.3 Å². The van der Waals surface area contributed by atoms with Gasteiger partial charge in [-0.1, -0.05) is 53.5 Å². The second kappa shape index (κ2) is 16.0. The molecule has 0 saturated heterocycles. The van der Waals surface area contributed by atoms with Crippen molar-refractivity contribution < 1.29 is 28.9 Å². The van der Waals surface area contributed by atoms with Crippen molar-refractivity contribution in [3.05, 3.63) is 87.9 Å². The van der Waals surface area contributed by atoms with Crippen molar-refractivity contribution in [2.24, 2.45) is 0 Å². The largest absolute Gasteiger partial charge is 0.493 e. The number of carbonyl (C=O) groups is 2. The van der Waals surface area contributed by atoms with Gasteiger partial charge in [-0.3, -0.25) is 0 Å². The molecule has 0 spiro atoms. The number of ether oxygens (including phenoxy) is 3. The van der Waals surface area contributed by atoms with Gasteiger partial charge in [0.1, 0.15) is 18.1 Å². The molecule has 0 aromatic heterocycles. The van der Waals surface area contributed by atoms with Crippen LogP contribution in [0.4, 0.5) is 10.5 Å². The zero-order valence-corrected chi connectivity index (χ0v) is 24.1. The molecule has 0 radical (unpaired) electrons. The number of rotatable bonds is 15. The first-order valence-electron chi connectivity index (χ1n) is 13.0. The summed E-state index contributed by atoms with van der Waals surface area (Å²) >= 11 is 12.1. The molecular weight excluding hydrogens is 555 g/mol. The second-order valence-corrected chi connectivity index (χ2v) is 9.89. The number of anilines is 1. The summed E-state index contributed by atoms with van der Waals surface area (Å²) in [5, 5.41) is 13.2. The molecule has 0 aliphatic heterocycles. The lowest BCUT2D eigenvalue weighted by Gasteiger charge is -2.24. The number of para-hydroxylation sites is 1. The molecule has 8 nitrogen and oxygen atoms in total. The predicted octanol–water partition coefficient (Wildman–Crippen LogP) is 6.72. The Labute approximate surface area is 244 Å². The summed E-state index contributed by atoms with van der Waals surface area (Å²) in [6.45, 7) is 5.43. The summed E-state index contributed by atoms with van der Waals surface area (Å²) in [5.41, 5.74) is 2.53. The minimum absolute atomic E-state index is 0.241. The van der Waals surface area contributed by atoms with Crippen LogP contribution in [0.2, 0.25) is 10.0 Å². The summed E-state index contributed by atoms with van der Waals surface area (Å²) in [6, 6.07) is 19.5. The van der Waals surface area contributed by atoms with Gasteiger partial charge in [0.25, 0.3) is 0 Å². The second-order valence-electron chi connectivity index (χ2n) is 9.02. The molecule has 3 aromatic carbocycles. The molecule has 0 fully saturated rings. The Balaban J connectivity index is 1.56. The van der Waals surface area contributed by atoms with Crippen molar-refractivity contribution in [1.82, 2.24) is 4.90 Å². The van der Waals surface area contributed by atoms with E-state index in [0.29, 0.717) is 54.3 Å². The van der Waals surface area contributed by atoms with E-state index in [2.05, 4.69) is 5.32 Å². The lowest BCUT2D eigenvalue weighted by Crippen LogP contribution is -2.39. The first kappa shape index (κ1) is 31.1. The van der Waals surface area contributed by atoms with Crippen LogP contribution in [0, 0.1) is 6.92 Å². The zero-order chi connectivity index (χ0) is 28.9. The predicted molar refractivity (Wildman–Crippen MR) is 157 cm³/mol. The molecule has 0 aliphatic rings. The van der Waals surface area contributed by atoms with Crippen LogP contribution in [-0.4, -0.2) is 61.0 Å². The number of aryl methyl sites for hydroxylation is 1. The molecule has 2 N–H and O–H groups in total. The SMILES string of the molecule is CCOC(Cc1ccc(OCCN(CCCOc2cc(Cl)cc(Cl)c2)C(=O)Nc2ccccc2C)cc1)C(=O)O. The van der Waals surface area contributed by atoms with E-state index in [1.165, 1.54) is 0 Å². The highest BCUT2D eigenvalue weighted by atomic mass is 35.5. The van der Waals surface area contributed by atoms with Gasteiger partial charge in [0.05, 0.1) is 13.2 Å². The maximum Gasteiger partial charge on any atom is 0.333 e. The van der Waals surface area contributed by atoms with E-state index < -0.39 is 12.1 Å². The minimum atomic E-state index is -0.993. The van der Waals surface area contributed by atoms with Gasteiger partial charge in [0.15, 0.2) is 6.10 Å². The Kier molecular flexibility index (Phi) is 12.4. The van der Waals surface area contributed by atoms with Gasteiger partial charge in [0, 0.05) is 35.3 Å². The molecule has 0 heterocycles. The van der Waals surface area contributed by atoms with Crippen LogP contribution < -0.4 is 14.8 Å². The number of nitrogens with zero attached hydrogens (tertiary/aromatic N) is 1. The van der Waals surface area contributed by atoms with E-state index in [-0.39, 0.29) is 19.1 Å². The van der Waals surface area contributed by atoms with E-state index in [0.717, 1.165) is 16.8 Å². The molecule has 40 heavy (non-hydrogen) atoms. The Morgan fingerprint density at radius 1 is 0.925 bits per heavy atom. The highest BCUT2D eigenvalue weighted by Crippen LogP contribution is 2.24. The Morgan fingerprint density at radius 3 is 2.25 bits per heavy atom. The van der Waals surface area contributed by atoms with Crippen LogP contribution >= 0.6 is 23.2 Å². The average Bonchev–Trinajstić information content (AvgIpc) is 2.91. The molecule has 1 atom stereocenters. The molecule has 0 aliphatic carbocycles. The van der Waals surface area contributed by atoms with E-state index in [1.54, 1.807) is 42.2 Å². The number of amides is 2. The third-order valence-corrected chi connectivity index (χ3v) is 6.41. The topological polar surface area (TPSA) is 97.3 Å². The van der Waals surface area contributed by atoms with Crippen molar-refractivity contribution in [3.63, 3.8) is 0 Å². The van der Waals surface area contributed by atoms with Gasteiger partial charge in [0.2, 0.25) is 0 Å². The summed E-state index contributed by atoms with van der Waals surface area (Å²) in [4.78, 5) is 26.2. The molecule has 0 saturated carbocycles. The van der Waals surface area contributed by atoms with Crippen LogP contribution in [0.3, 0.4) is 0 Å². The van der Waals surface area contributed by atoms with E-state index in [9.17, 15) is 14.7 Å². The van der Waals surface area contributed by atoms with Gasteiger partial charge in [-0.15, -0.1) is 0 Å². The van der Waals surface area contributed by atoms with E-state index >= 15 is 0 Å². The van der Waals surface area contributed by atoms with Crippen LogP contribution in [0.1, 0.15) is 24.5 Å². The molecule has 2 amide bonds. The van der Waals surface area contributed by atoms with Crippen molar-refractivity contribution >= 4 is 40.9 Å². The molecule has 10 heteroatoms. The Bertz CT molecular complexity index is 1230. The molecular formula is C30H34Cl2N2O6. The normalized spacial score (nSPS) is 11.5. The number of urea groups is 1. The highest BCUT2D eigenvalue weighted by molar-refractivity contribution is 6.34. The molecule has 214 valence electrons. The van der Waals surface area contributed by atoms with Crippen LogP contribution in [0.15, 0.2) is 66.7 Å². The summed E-state index contributed by atoms with van der Waals surface area (Å²) in [7, 11) is 0. The van der Waals surface area contributed by atoms with Crippen molar-refractivity contribution in [1.29, 1.82) is 0 Å². The Hall–Kier alpha value is -3.46. The molecule has 3 rings (SSSR count). The number of nitrogens with one attached hydrogen (secondary N) is 1. The number of aliphatic carboxylic acids is 1. The fourth-order valence-corrected chi connectivity index (χ4v) is 4.41. The average molecular weight is 590 g/mol.